The molecule has 0 aliphatic heterocycles. The summed E-state index contributed by atoms with van der Waals surface area (Å²) in [5.41, 5.74) is 0.972. The summed E-state index contributed by atoms with van der Waals surface area (Å²) in [4.78, 5) is 11.6. The average Bonchev–Trinajstić information content (AvgIpc) is 2.19. The van der Waals surface area contributed by atoms with Crippen molar-refractivity contribution in [1.29, 1.82) is 0 Å². The van der Waals surface area contributed by atoms with E-state index in [1.165, 1.54) is 12.8 Å². The number of alkyl halides is 1. The number of nitrogens with zero attached hydrogens (tertiary/aromatic N) is 1. The van der Waals surface area contributed by atoms with Crippen LogP contribution in [0.25, 0.3) is 0 Å². The zero-order chi connectivity index (χ0) is 10.4. The van der Waals surface area contributed by atoms with Gasteiger partial charge in [-0.3, -0.25) is 4.79 Å². The molecule has 2 nitrogen and oxygen atoms in total. The second kappa shape index (κ2) is 6.02. The van der Waals surface area contributed by atoms with E-state index < -0.39 is 0 Å². The van der Waals surface area contributed by atoms with E-state index in [-0.39, 0.29) is 5.56 Å². The highest BCUT2D eigenvalue weighted by molar-refractivity contribution is 9.09. The van der Waals surface area contributed by atoms with E-state index in [0.29, 0.717) is 0 Å². The van der Waals surface area contributed by atoms with Gasteiger partial charge in [-0.05, 0) is 25.8 Å². The van der Waals surface area contributed by atoms with Gasteiger partial charge in [-0.15, -0.1) is 0 Å². The van der Waals surface area contributed by atoms with Crippen LogP contribution in [0.15, 0.2) is 23.1 Å². The maximum Gasteiger partial charge on any atom is 0.253 e. The zero-order valence-corrected chi connectivity index (χ0v) is 10.1. The van der Waals surface area contributed by atoms with Gasteiger partial charge in [0.2, 0.25) is 0 Å². The fourth-order valence-corrected chi connectivity index (χ4v) is 1.78. The molecule has 0 spiro atoms. The summed E-state index contributed by atoms with van der Waals surface area (Å²) in [6.07, 6.45) is 5.30. The molecule has 0 aliphatic carbocycles. The number of pyridine rings is 1. The summed E-state index contributed by atoms with van der Waals surface area (Å²) < 4.78 is 1.80. The number of rotatable bonds is 5. The molecule has 14 heavy (non-hydrogen) atoms. The van der Waals surface area contributed by atoms with Gasteiger partial charge in [0.25, 0.3) is 5.56 Å². The molecule has 0 saturated carbocycles. The Morgan fingerprint density at radius 3 is 2.86 bits per heavy atom. The van der Waals surface area contributed by atoms with Crippen molar-refractivity contribution < 1.29 is 0 Å². The van der Waals surface area contributed by atoms with Crippen LogP contribution < -0.4 is 5.56 Å². The highest BCUT2D eigenvalue weighted by Crippen LogP contribution is 2.00. The van der Waals surface area contributed by atoms with Gasteiger partial charge in [-0.2, -0.15) is 0 Å². The number of aryl methyl sites for hydroxylation is 2. The first-order chi connectivity index (χ1) is 6.75. The van der Waals surface area contributed by atoms with E-state index >= 15 is 0 Å². The van der Waals surface area contributed by atoms with Crippen molar-refractivity contribution in [1.82, 2.24) is 4.57 Å². The Balaban J connectivity index is 2.51. The third-order valence-electron chi connectivity index (χ3n) is 2.24. The Morgan fingerprint density at radius 1 is 1.36 bits per heavy atom. The lowest BCUT2D eigenvalue weighted by Gasteiger charge is -2.05. The first-order valence-electron chi connectivity index (χ1n) is 4.97. The van der Waals surface area contributed by atoms with Gasteiger partial charge >= 0.3 is 0 Å². The van der Waals surface area contributed by atoms with Gasteiger partial charge in [-0.25, -0.2) is 0 Å². The van der Waals surface area contributed by atoms with E-state index in [9.17, 15) is 4.79 Å². The van der Waals surface area contributed by atoms with E-state index in [0.717, 1.165) is 23.9 Å². The smallest absolute Gasteiger partial charge is 0.253 e. The highest BCUT2D eigenvalue weighted by atomic mass is 79.9. The molecule has 1 aromatic rings. The molecule has 0 unspecified atom stereocenters. The van der Waals surface area contributed by atoms with E-state index in [2.05, 4.69) is 15.9 Å². The van der Waals surface area contributed by atoms with E-state index in [1.54, 1.807) is 4.57 Å². The Bertz CT molecular complexity index is 332. The fourth-order valence-electron chi connectivity index (χ4n) is 1.39. The molecule has 1 aromatic heterocycles. The number of aromatic nitrogens is 1. The van der Waals surface area contributed by atoms with Crippen LogP contribution >= 0.6 is 15.9 Å². The van der Waals surface area contributed by atoms with Gasteiger partial charge in [0.15, 0.2) is 0 Å². The summed E-state index contributed by atoms with van der Waals surface area (Å²) in [5, 5.41) is 1.05. The minimum Gasteiger partial charge on any atom is -0.315 e. The molecule has 0 N–H and O–H groups in total. The highest BCUT2D eigenvalue weighted by Gasteiger charge is 1.97. The number of hydrogen-bond donors (Lipinski definition) is 0. The Hall–Kier alpha value is -0.570. The predicted molar refractivity (Wildman–Crippen MR) is 63.1 cm³/mol. The molecule has 0 saturated heterocycles. The first kappa shape index (κ1) is 11.5. The quantitative estimate of drug-likeness (QED) is 0.588. The van der Waals surface area contributed by atoms with Gasteiger partial charge in [0, 0.05) is 23.6 Å². The van der Waals surface area contributed by atoms with Crippen LogP contribution in [0.4, 0.5) is 0 Å². The van der Waals surface area contributed by atoms with E-state index in [1.807, 2.05) is 25.3 Å². The van der Waals surface area contributed by atoms with Crippen molar-refractivity contribution in [3.05, 3.63) is 34.2 Å². The SMILES string of the molecule is Cc1cccn(CCCCCBr)c1=O. The molecule has 3 heteroatoms. The fraction of sp³-hybridized carbons (Fsp3) is 0.545. The second-order valence-electron chi connectivity index (χ2n) is 3.44. The standard InChI is InChI=1S/C11H16BrNO/c1-10-6-5-9-13(11(10)14)8-4-2-3-7-12/h5-6,9H,2-4,7-8H2,1H3. The van der Waals surface area contributed by atoms with Crippen molar-refractivity contribution in [3.8, 4) is 0 Å². The molecular weight excluding hydrogens is 242 g/mol. The molecule has 0 bridgehead atoms. The summed E-state index contributed by atoms with van der Waals surface area (Å²) in [7, 11) is 0. The number of hydrogen-bond acceptors (Lipinski definition) is 1. The van der Waals surface area contributed by atoms with Crippen LogP contribution in [-0.4, -0.2) is 9.90 Å². The zero-order valence-electron chi connectivity index (χ0n) is 8.50. The van der Waals surface area contributed by atoms with E-state index in [4.69, 9.17) is 0 Å². The monoisotopic (exact) mass is 257 g/mol. The van der Waals surface area contributed by atoms with Crippen molar-refractivity contribution in [2.75, 3.05) is 5.33 Å². The van der Waals surface area contributed by atoms with Crippen molar-refractivity contribution in [3.63, 3.8) is 0 Å². The lowest BCUT2D eigenvalue weighted by molar-refractivity contribution is 0.588. The second-order valence-corrected chi connectivity index (χ2v) is 4.23. The average molecular weight is 258 g/mol. The minimum absolute atomic E-state index is 0.145. The molecule has 0 aliphatic rings. The van der Waals surface area contributed by atoms with Crippen LogP contribution in [0.2, 0.25) is 0 Å². The lowest BCUT2D eigenvalue weighted by Crippen LogP contribution is -2.21. The maximum absolute atomic E-state index is 11.6. The predicted octanol–water partition coefficient (Wildman–Crippen LogP) is 2.72. The molecule has 0 atom stereocenters. The lowest BCUT2D eigenvalue weighted by atomic mass is 10.2. The molecule has 1 rings (SSSR count). The van der Waals surface area contributed by atoms with Crippen molar-refractivity contribution in [2.45, 2.75) is 32.7 Å². The number of halogens is 1. The molecule has 0 radical (unpaired) electrons. The van der Waals surface area contributed by atoms with Gasteiger partial charge in [0.05, 0.1) is 0 Å². The molecule has 0 amide bonds. The van der Waals surface area contributed by atoms with Crippen molar-refractivity contribution in [2.24, 2.45) is 0 Å². The maximum atomic E-state index is 11.6. The molecule has 1 heterocycles. The third-order valence-corrected chi connectivity index (χ3v) is 2.80. The Kier molecular flexibility index (Phi) is 4.94. The minimum atomic E-state index is 0.145. The largest absolute Gasteiger partial charge is 0.315 e. The molecule has 0 aromatic carbocycles. The third kappa shape index (κ3) is 3.29. The Morgan fingerprint density at radius 2 is 2.14 bits per heavy atom. The van der Waals surface area contributed by atoms with Gasteiger partial charge in [0.1, 0.15) is 0 Å². The van der Waals surface area contributed by atoms with Crippen LogP contribution in [0.1, 0.15) is 24.8 Å². The summed E-state index contributed by atoms with van der Waals surface area (Å²) in [6, 6.07) is 3.79. The normalized spacial score (nSPS) is 10.4. The van der Waals surface area contributed by atoms with Gasteiger partial charge in [-0.1, -0.05) is 28.4 Å². The molecule has 0 fully saturated rings. The van der Waals surface area contributed by atoms with Crippen LogP contribution in [0.5, 0.6) is 0 Å². The van der Waals surface area contributed by atoms with Crippen LogP contribution in [0, 0.1) is 6.92 Å². The van der Waals surface area contributed by atoms with Crippen LogP contribution in [-0.2, 0) is 6.54 Å². The molecule has 78 valence electrons. The van der Waals surface area contributed by atoms with Crippen molar-refractivity contribution >= 4 is 15.9 Å². The first-order valence-corrected chi connectivity index (χ1v) is 6.10. The summed E-state index contributed by atoms with van der Waals surface area (Å²) in [6.45, 7) is 2.70. The molecular formula is C11H16BrNO. The number of unbranched alkanes of at least 4 members (excludes halogenated alkanes) is 2. The van der Waals surface area contributed by atoms with Crippen LogP contribution in [0.3, 0.4) is 0 Å². The van der Waals surface area contributed by atoms with Gasteiger partial charge < -0.3 is 4.57 Å². The Labute approximate surface area is 93.1 Å². The summed E-state index contributed by atoms with van der Waals surface area (Å²) >= 11 is 3.39. The summed E-state index contributed by atoms with van der Waals surface area (Å²) in [5.74, 6) is 0. The topological polar surface area (TPSA) is 22.0 Å².